The largest absolute Gasteiger partial charge is 0.478 e. The van der Waals surface area contributed by atoms with E-state index in [1.807, 2.05) is 6.07 Å². The number of anilines is 1. The lowest BCUT2D eigenvalue weighted by atomic mass is 10.1. The van der Waals surface area contributed by atoms with E-state index in [9.17, 15) is 4.79 Å². The van der Waals surface area contributed by atoms with Crippen LogP contribution in [0.3, 0.4) is 0 Å². The number of aromatic carboxylic acids is 1. The van der Waals surface area contributed by atoms with Crippen LogP contribution < -0.4 is 5.32 Å². The molecule has 2 N–H and O–H groups in total. The number of rotatable bonds is 6. The smallest absolute Gasteiger partial charge is 0.336 e. The SMILES string of the molecule is COC(CNc1cccc(C(=O)O)c1C)OC. The Hall–Kier alpha value is -1.59. The zero-order chi connectivity index (χ0) is 12.8. The van der Waals surface area contributed by atoms with Gasteiger partial charge in [-0.05, 0) is 24.6 Å². The maximum Gasteiger partial charge on any atom is 0.336 e. The Morgan fingerprint density at radius 1 is 1.41 bits per heavy atom. The third-order valence-corrected chi connectivity index (χ3v) is 2.55. The highest BCUT2D eigenvalue weighted by Crippen LogP contribution is 2.18. The van der Waals surface area contributed by atoms with Gasteiger partial charge < -0.3 is 19.9 Å². The first kappa shape index (κ1) is 13.5. The van der Waals surface area contributed by atoms with Crippen LogP contribution in [0.5, 0.6) is 0 Å². The lowest BCUT2D eigenvalue weighted by Crippen LogP contribution is -2.24. The van der Waals surface area contributed by atoms with Crippen LogP contribution in [-0.2, 0) is 9.47 Å². The number of nitrogens with one attached hydrogen (secondary N) is 1. The van der Waals surface area contributed by atoms with Gasteiger partial charge in [0.25, 0.3) is 0 Å². The minimum absolute atomic E-state index is 0.293. The second-order valence-electron chi connectivity index (χ2n) is 3.57. The van der Waals surface area contributed by atoms with Gasteiger partial charge >= 0.3 is 5.97 Å². The summed E-state index contributed by atoms with van der Waals surface area (Å²) in [6.07, 6.45) is -0.358. The highest BCUT2D eigenvalue weighted by atomic mass is 16.7. The molecule has 0 amide bonds. The molecular formula is C12H17NO4. The van der Waals surface area contributed by atoms with Crippen molar-refractivity contribution in [2.45, 2.75) is 13.2 Å². The summed E-state index contributed by atoms with van der Waals surface area (Å²) in [6, 6.07) is 5.10. The second-order valence-corrected chi connectivity index (χ2v) is 3.57. The Morgan fingerprint density at radius 2 is 2.06 bits per heavy atom. The van der Waals surface area contributed by atoms with Crippen LogP contribution in [0.2, 0.25) is 0 Å². The van der Waals surface area contributed by atoms with E-state index in [0.717, 1.165) is 5.69 Å². The van der Waals surface area contributed by atoms with Gasteiger partial charge in [0.2, 0.25) is 0 Å². The molecule has 94 valence electrons. The van der Waals surface area contributed by atoms with Gasteiger partial charge in [-0.25, -0.2) is 4.79 Å². The standard InChI is InChI=1S/C12H17NO4/c1-8-9(12(14)15)5-4-6-10(8)13-7-11(16-2)17-3/h4-6,11,13H,7H2,1-3H3,(H,14,15). The molecule has 0 aliphatic rings. The van der Waals surface area contributed by atoms with E-state index in [-0.39, 0.29) is 6.29 Å². The molecule has 0 fully saturated rings. The van der Waals surface area contributed by atoms with Crippen molar-refractivity contribution in [3.8, 4) is 0 Å². The first-order valence-electron chi connectivity index (χ1n) is 5.22. The molecule has 5 heteroatoms. The van der Waals surface area contributed by atoms with Gasteiger partial charge in [0.15, 0.2) is 6.29 Å². The van der Waals surface area contributed by atoms with E-state index in [2.05, 4.69) is 5.32 Å². The molecule has 0 saturated carbocycles. The van der Waals surface area contributed by atoms with Crippen LogP contribution >= 0.6 is 0 Å². The summed E-state index contributed by atoms with van der Waals surface area (Å²) in [6.45, 7) is 2.22. The zero-order valence-electron chi connectivity index (χ0n) is 10.2. The summed E-state index contributed by atoms with van der Waals surface area (Å²) in [5, 5.41) is 12.1. The lowest BCUT2D eigenvalue weighted by Gasteiger charge is -2.16. The summed E-state index contributed by atoms with van der Waals surface area (Å²) in [5.41, 5.74) is 1.76. The predicted molar refractivity (Wildman–Crippen MR) is 64.4 cm³/mol. The Balaban J connectivity index is 2.78. The summed E-state index contributed by atoms with van der Waals surface area (Å²) in [4.78, 5) is 10.9. The molecular weight excluding hydrogens is 222 g/mol. The van der Waals surface area contributed by atoms with E-state index in [1.165, 1.54) is 0 Å². The molecule has 0 saturated heterocycles. The van der Waals surface area contributed by atoms with E-state index in [4.69, 9.17) is 14.6 Å². The number of carboxylic acid groups (broad SMARTS) is 1. The number of carbonyl (C=O) groups is 1. The van der Waals surface area contributed by atoms with Gasteiger partial charge in [-0.3, -0.25) is 0 Å². The molecule has 1 rings (SSSR count). The topological polar surface area (TPSA) is 67.8 Å². The Labute approximate surface area is 100 Å². The monoisotopic (exact) mass is 239 g/mol. The summed E-state index contributed by atoms with van der Waals surface area (Å²) in [7, 11) is 3.10. The molecule has 0 heterocycles. The number of benzene rings is 1. The number of hydrogen-bond donors (Lipinski definition) is 2. The molecule has 0 atom stereocenters. The molecule has 1 aromatic rings. The van der Waals surface area contributed by atoms with E-state index < -0.39 is 5.97 Å². The fourth-order valence-corrected chi connectivity index (χ4v) is 1.52. The molecule has 0 radical (unpaired) electrons. The maximum atomic E-state index is 10.9. The third-order valence-electron chi connectivity index (χ3n) is 2.55. The normalized spacial score (nSPS) is 10.6. The summed E-state index contributed by atoms with van der Waals surface area (Å²) in [5.74, 6) is -0.929. The fourth-order valence-electron chi connectivity index (χ4n) is 1.52. The number of ether oxygens (including phenoxy) is 2. The molecule has 0 aromatic heterocycles. The first-order chi connectivity index (χ1) is 8.10. The van der Waals surface area contributed by atoms with E-state index in [0.29, 0.717) is 17.7 Å². The molecule has 0 spiro atoms. The van der Waals surface area contributed by atoms with Crippen LogP contribution in [0.25, 0.3) is 0 Å². The van der Waals surface area contributed by atoms with Crippen molar-refractivity contribution in [3.05, 3.63) is 29.3 Å². The molecule has 0 aliphatic carbocycles. The molecule has 0 aliphatic heterocycles. The second kappa shape index (κ2) is 6.22. The van der Waals surface area contributed by atoms with Gasteiger partial charge in [-0.1, -0.05) is 6.07 Å². The van der Waals surface area contributed by atoms with Crippen LogP contribution in [0.4, 0.5) is 5.69 Å². The molecule has 17 heavy (non-hydrogen) atoms. The Morgan fingerprint density at radius 3 is 2.59 bits per heavy atom. The van der Waals surface area contributed by atoms with Gasteiger partial charge in [0.1, 0.15) is 0 Å². The van der Waals surface area contributed by atoms with Gasteiger partial charge in [-0.15, -0.1) is 0 Å². The minimum atomic E-state index is -0.929. The van der Waals surface area contributed by atoms with Crippen LogP contribution in [0.15, 0.2) is 18.2 Å². The van der Waals surface area contributed by atoms with Crippen molar-refractivity contribution in [1.82, 2.24) is 0 Å². The van der Waals surface area contributed by atoms with Crippen molar-refractivity contribution in [2.24, 2.45) is 0 Å². The number of hydrogen-bond acceptors (Lipinski definition) is 4. The van der Waals surface area contributed by atoms with Crippen LogP contribution in [0, 0.1) is 6.92 Å². The molecule has 0 bridgehead atoms. The quantitative estimate of drug-likeness (QED) is 0.740. The van der Waals surface area contributed by atoms with Gasteiger partial charge in [0.05, 0.1) is 12.1 Å². The average molecular weight is 239 g/mol. The Kier molecular flexibility index (Phi) is 4.93. The predicted octanol–water partition coefficient (Wildman–Crippen LogP) is 1.72. The van der Waals surface area contributed by atoms with Crippen molar-refractivity contribution >= 4 is 11.7 Å². The maximum absolute atomic E-state index is 10.9. The van der Waals surface area contributed by atoms with Crippen molar-refractivity contribution in [2.75, 3.05) is 26.1 Å². The lowest BCUT2D eigenvalue weighted by molar-refractivity contribution is -0.0914. The Bertz CT molecular complexity index is 388. The van der Waals surface area contributed by atoms with Gasteiger partial charge in [-0.2, -0.15) is 0 Å². The van der Waals surface area contributed by atoms with Crippen molar-refractivity contribution < 1.29 is 19.4 Å². The van der Waals surface area contributed by atoms with E-state index >= 15 is 0 Å². The molecule has 5 nitrogen and oxygen atoms in total. The summed E-state index contributed by atoms with van der Waals surface area (Å²) >= 11 is 0. The van der Waals surface area contributed by atoms with E-state index in [1.54, 1.807) is 33.3 Å². The number of carboxylic acids is 1. The van der Waals surface area contributed by atoms with Gasteiger partial charge in [0, 0.05) is 19.9 Å². The minimum Gasteiger partial charge on any atom is -0.478 e. The number of methoxy groups -OCH3 is 2. The third kappa shape index (κ3) is 3.44. The van der Waals surface area contributed by atoms with Crippen molar-refractivity contribution in [3.63, 3.8) is 0 Å². The molecule has 1 aromatic carbocycles. The fraction of sp³-hybridized carbons (Fsp3) is 0.417. The first-order valence-corrected chi connectivity index (χ1v) is 5.22. The molecule has 0 unspecified atom stereocenters. The zero-order valence-corrected chi connectivity index (χ0v) is 10.2. The van der Waals surface area contributed by atoms with Crippen molar-refractivity contribution in [1.29, 1.82) is 0 Å². The van der Waals surface area contributed by atoms with Crippen LogP contribution in [-0.4, -0.2) is 38.1 Å². The highest BCUT2D eigenvalue weighted by Gasteiger charge is 2.11. The highest BCUT2D eigenvalue weighted by molar-refractivity contribution is 5.91. The average Bonchev–Trinajstić information content (AvgIpc) is 2.32. The summed E-state index contributed by atoms with van der Waals surface area (Å²) < 4.78 is 10.1. The van der Waals surface area contributed by atoms with Crippen LogP contribution in [0.1, 0.15) is 15.9 Å².